The SMILES string of the molecule is Cc1cn([C@@H]2O[C@H](CO)C(O)[C@@H]2OC[C@H]2O[C@@H](n3cc(C)c(=O)[nH]c3=O)C[C@H]2O)c(=O)[nH]c1=O. The lowest BCUT2D eigenvalue weighted by Gasteiger charge is -2.25. The molecule has 1 unspecified atom stereocenters. The van der Waals surface area contributed by atoms with E-state index in [9.17, 15) is 34.5 Å². The second-order valence-electron chi connectivity index (χ2n) is 8.43. The summed E-state index contributed by atoms with van der Waals surface area (Å²) in [5, 5.41) is 30.6. The van der Waals surface area contributed by atoms with Gasteiger partial charge in [0, 0.05) is 29.9 Å². The summed E-state index contributed by atoms with van der Waals surface area (Å²) < 4.78 is 19.4. The minimum atomic E-state index is -1.33. The van der Waals surface area contributed by atoms with E-state index in [1.165, 1.54) is 30.8 Å². The third kappa shape index (κ3) is 4.43. The first-order chi connectivity index (χ1) is 16.1. The molecule has 2 fully saturated rings. The standard InChI is InChI=1S/C20H26N4O10/c1-8-4-23(19(30)21-16(8)28)13-3-10(26)12(33-13)7-32-15-14(27)11(6-25)34-18(15)24-5-9(2)17(29)22-20(24)31/h4-5,10-15,18,25-27H,3,6-7H2,1-2H3,(H,21,28,30)(H,22,29,31)/t10-,11-,12-,13-,14?,15+,18-/m1/s1. The number of hydrogen-bond acceptors (Lipinski definition) is 10. The zero-order valence-electron chi connectivity index (χ0n) is 18.4. The van der Waals surface area contributed by atoms with Gasteiger partial charge in [-0.15, -0.1) is 0 Å². The fourth-order valence-electron chi connectivity index (χ4n) is 4.09. The van der Waals surface area contributed by atoms with Crippen LogP contribution in [-0.2, 0) is 14.2 Å². The van der Waals surface area contributed by atoms with Crippen molar-refractivity contribution in [3.63, 3.8) is 0 Å². The highest BCUT2D eigenvalue weighted by atomic mass is 16.6. The molecule has 0 bridgehead atoms. The molecule has 7 atom stereocenters. The van der Waals surface area contributed by atoms with Crippen LogP contribution in [0.5, 0.6) is 0 Å². The summed E-state index contributed by atoms with van der Waals surface area (Å²) in [6.07, 6.45) is -4.85. The molecule has 0 radical (unpaired) electrons. The molecule has 2 aromatic heterocycles. The molecule has 5 N–H and O–H groups in total. The van der Waals surface area contributed by atoms with Gasteiger partial charge in [-0.2, -0.15) is 0 Å². The average Bonchev–Trinajstić information content (AvgIpc) is 3.30. The van der Waals surface area contributed by atoms with E-state index in [2.05, 4.69) is 9.97 Å². The number of ether oxygens (including phenoxy) is 3. The Balaban J connectivity index is 1.52. The first kappa shape index (κ1) is 24.3. The maximum atomic E-state index is 12.3. The number of rotatable bonds is 6. The second kappa shape index (κ2) is 9.40. The van der Waals surface area contributed by atoms with Crippen molar-refractivity contribution in [3.8, 4) is 0 Å². The topological polar surface area (TPSA) is 198 Å². The highest BCUT2D eigenvalue weighted by Crippen LogP contribution is 2.33. The third-order valence-electron chi connectivity index (χ3n) is 6.03. The highest BCUT2D eigenvalue weighted by molar-refractivity contribution is 5.04. The quantitative estimate of drug-likeness (QED) is 0.283. The minimum Gasteiger partial charge on any atom is -0.394 e. The van der Waals surface area contributed by atoms with Crippen molar-refractivity contribution in [3.05, 3.63) is 65.2 Å². The Morgan fingerprint density at radius 3 is 2.18 bits per heavy atom. The van der Waals surface area contributed by atoms with Crippen LogP contribution in [0.25, 0.3) is 0 Å². The van der Waals surface area contributed by atoms with Crippen LogP contribution in [0.4, 0.5) is 0 Å². The molecule has 2 saturated heterocycles. The number of aromatic nitrogens is 4. The van der Waals surface area contributed by atoms with Crippen molar-refractivity contribution in [1.29, 1.82) is 0 Å². The third-order valence-corrected chi connectivity index (χ3v) is 6.03. The van der Waals surface area contributed by atoms with Gasteiger partial charge in [0.2, 0.25) is 0 Å². The Morgan fingerprint density at radius 1 is 0.971 bits per heavy atom. The maximum Gasteiger partial charge on any atom is 0.330 e. The number of aromatic amines is 2. The molecule has 4 heterocycles. The maximum absolute atomic E-state index is 12.3. The molecule has 14 nitrogen and oxygen atoms in total. The van der Waals surface area contributed by atoms with Gasteiger partial charge in [-0.05, 0) is 13.8 Å². The molecule has 2 aliphatic rings. The molecule has 0 saturated carbocycles. The second-order valence-corrected chi connectivity index (χ2v) is 8.43. The summed E-state index contributed by atoms with van der Waals surface area (Å²) >= 11 is 0. The van der Waals surface area contributed by atoms with E-state index in [-0.39, 0.29) is 18.6 Å². The lowest BCUT2D eigenvalue weighted by molar-refractivity contribution is -0.118. The predicted octanol–water partition coefficient (Wildman–Crippen LogP) is -3.01. The minimum absolute atomic E-state index is 0.0460. The number of nitrogens with zero attached hydrogens (tertiary/aromatic N) is 2. The smallest absolute Gasteiger partial charge is 0.330 e. The van der Waals surface area contributed by atoms with E-state index in [1.54, 1.807) is 0 Å². The Morgan fingerprint density at radius 2 is 1.56 bits per heavy atom. The molecule has 2 aliphatic heterocycles. The van der Waals surface area contributed by atoms with Crippen molar-refractivity contribution in [2.75, 3.05) is 13.2 Å². The van der Waals surface area contributed by atoms with Crippen LogP contribution < -0.4 is 22.5 Å². The molecule has 4 rings (SSSR count). The van der Waals surface area contributed by atoms with Crippen molar-refractivity contribution < 1.29 is 29.5 Å². The monoisotopic (exact) mass is 482 g/mol. The number of aryl methyl sites for hydroxylation is 2. The Kier molecular flexibility index (Phi) is 6.71. The summed E-state index contributed by atoms with van der Waals surface area (Å²) in [7, 11) is 0. The van der Waals surface area contributed by atoms with E-state index in [4.69, 9.17) is 14.2 Å². The van der Waals surface area contributed by atoms with E-state index < -0.39 is 72.1 Å². The van der Waals surface area contributed by atoms with Crippen LogP contribution in [0.1, 0.15) is 30.0 Å². The van der Waals surface area contributed by atoms with E-state index in [0.29, 0.717) is 5.56 Å². The van der Waals surface area contributed by atoms with Crippen LogP contribution in [-0.4, -0.2) is 78.2 Å². The zero-order valence-corrected chi connectivity index (χ0v) is 18.4. The molecule has 0 amide bonds. The van der Waals surface area contributed by atoms with Gasteiger partial charge in [0.1, 0.15) is 30.6 Å². The molecular formula is C20H26N4O10. The summed E-state index contributed by atoms with van der Waals surface area (Å²) in [5.74, 6) is 0. The van der Waals surface area contributed by atoms with Crippen molar-refractivity contribution in [2.45, 2.75) is 63.2 Å². The van der Waals surface area contributed by atoms with Gasteiger partial charge in [0.05, 0.1) is 19.3 Å². The number of aliphatic hydroxyl groups excluding tert-OH is 3. The van der Waals surface area contributed by atoms with E-state index in [0.717, 1.165) is 4.57 Å². The lowest BCUT2D eigenvalue weighted by Crippen LogP contribution is -2.41. The molecule has 2 aromatic rings. The van der Waals surface area contributed by atoms with Crippen molar-refractivity contribution >= 4 is 0 Å². The fraction of sp³-hybridized carbons (Fsp3) is 0.600. The molecule has 0 spiro atoms. The van der Waals surface area contributed by atoms with Gasteiger partial charge in [0.15, 0.2) is 6.23 Å². The van der Waals surface area contributed by atoms with Gasteiger partial charge in [-0.3, -0.25) is 28.7 Å². The van der Waals surface area contributed by atoms with Gasteiger partial charge in [-0.25, -0.2) is 9.59 Å². The van der Waals surface area contributed by atoms with Crippen LogP contribution in [0, 0.1) is 13.8 Å². The number of aliphatic hydroxyl groups is 3. The first-order valence-electron chi connectivity index (χ1n) is 10.6. The van der Waals surface area contributed by atoms with Gasteiger partial charge in [0.25, 0.3) is 11.1 Å². The molecule has 0 aliphatic carbocycles. The zero-order chi connectivity index (χ0) is 24.7. The fourth-order valence-corrected chi connectivity index (χ4v) is 4.09. The number of hydrogen-bond donors (Lipinski definition) is 5. The molecule has 34 heavy (non-hydrogen) atoms. The van der Waals surface area contributed by atoms with Crippen LogP contribution in [0.3, 0.4) is 0 Å². The lowest BCUT2D eigenvalue weighted by atomic mass is 10.1. The first-order valence-corrected chi connectivity index (χ1v) is 10.6. The van der Waals surface area contributed by atoms with Gasteiger partial charge >= 0.3 is 11.4 Å². The predicted molar refractivity (Wildman–Crippen MR) is 113 cm³/mol. The summed E-state index contributed by atoms with van der Waals surface area (Å²) in [6, 6.07) is 0. The molecule has 0 aromatic carbocycles. The summed E-state index contributed by atoms with van der Waals surface area (Å²) in [6.45, 7) is 2.22. The Labute approximate surface area is 191 Å². The van der Waals surface area contributed by atoms with Crippen molar-refractivity contribution in [1.82, 2.24) is 19.1 Å². The average molecular weight is 482 g/mol. The Hall–Kier alpha value is -2.88. The van der Waals surface area contributed by atoms with E-state index >= 15 is 0 Å². The molecule has 14 heteroatoms. The van der Waals surface area contributed by atoms with Gasteiger partial charge in [-0.1, -0.05) is 0 Å². The molecule has 186 valence electrons. The summed E-state index contributed by atoms with van der Waals surface area (Å²) in [4.78, 5) is 52.1. The van der Waals surface area contributed by atoms with Crippen molar-refractivity contribution in [2.24, 2.45) is 0 Å². The molecular weight excluding hydrogens is 456 g/mol. The highest BCUT2D eigenvalue weighted by Gasteiger charge is 2.47. The van der Waals surface area contributed by atoms with Crippen LogP contribution in [0.15, 0.2) is 31.6 Å². The normalized spacial score (nSPS) is 31.3. The largest absolute Gasteiger partial charge is 0.394 e. The van der Waals surface area contributed by atoms with Crippen LogP contribution >= 0.6 is 0 Å². The van der Waals surface area contributed by atoms with Gasteiger partial charge < -0.3 is 29.5 Å². The number of nitrogens with one attached hydrogen (secondary N) is 2. The van der Waals surface area contributed by atoms with E-state index in [1.807, 2.05) is 0 Å². The summed E-state index contributed by atoms with van der Waals surface area (Å²) in [5.41, 5.74) is -2.05. The Bertz CT molecular complexity index is 1280. The van der Waals surface area contributed by atoms with Crippen LogP contribution in [0.2, 0.25) is 0 Å². The number of H-pyrrole nitrogens is 2.